The molecule has 1 N–H and O–H groups in total. The number of anilines is 1. The molecule has 0 bridgehead atoms. The van der Waals surface area contributed by atoms with Crippen LogP contribution in [0.5, 0.6) is 0 Å². The molecular formula is C17H16Cl3N3O5. The van der Waals surface area contributed by atoms with Crippen molar-refractivity contribution in [1.29, 1.82) is 0 Å². The lowest BCUT2D eigenvalue weighted by Gasteiger charge is -2.08. The van der Waals surface area contributed by atoms with Gasteiger partial charge in [-0.15, -0.1) is 0 Å². The van der Waals surface area contributed by atoms with Crippen LogP contribution < -0.4 is 5.43 Å². The molecule has 0 saturated carbocycles. The second-order valence-corrected chi connectivity index (χ2v) is 6.45. The van der Waals surface area contributed by atoms with Crippen LogP contribution >= 0.6 is 34.8 Å². The second kappa shape index (κ2) is 9.77. The number of hydrogen-bond acceptors (Lipinski definition) is 8. The summed E-state index contributed by atoms with van der Waals surface area (Å²) in [5, 5.41) is 8.41. The molecule has 0 aliphatic carbocycles. The van der Waals surface area contributed by atoms with Gasteiger partial charge in [0.1, 0.15) is 5.56 Å². The zero-order valence-corrected chi connectivity index (χ0v) is 17.4. The maximum atomic E-state index is 12.4. The lowest BCUT2D eigenvalue weighted by molar-refractivity contribution is -0.135. The summed E-state index contributed by atoms with van der Waals surface area (Å²) in [5.41, 5.74) is 2.74. The number of rotatable bonds is 7. The van der Waals surface area contributed by atoms with E-state index in [1.807, 2.05) is 0 Å². The molecule has 8 nitrogen and oxygen atoms in total. The topological polar surface area (TPSA) is 103 Å². The van der Waals surface area contributed by atoms with E-state index in [-0.39, 0.29) is 56.7 Å². The molecule has 0 saturated heterocycles. The highest BCUT2D eigenvalue weighted by molar-refractivity contribution is 6.45. The van der Waals surface area contributed by atoms with Crippen LogP contribution in [-0.4, -0.2) is 36.0 Å². The van der Waals surface area contributed by atoms with Crippen LogP contribution in [0.15, 0.2) is 21.8 Å². The second-order valence-electron chi connectivity index (χ2n) is 5.23. The van der Waals surface area contributed by atoms with Gasteiger partial charge in [0, 0.05) is 0 Å². The molecule has 28 heavy (non-hydrogen) atoms. The first-order valence-electron chi connectivity index (χ1n) is 8.09. The Bertz CT molecular complexity index is 927. The number of carbonyl (C=O) groups is 2. The van der Waals surface area contributed by atoms with Gasteiger partial charge in [0.05, 0.1) is 39.7 Å². The fraction of sp³-hybridized carbons (Fsp3) is 0.294. The van der Waals surface area contributed by atoms with E-state index < -0.39 is 11.9 Å². The summed E-state index contributed by atoms with van der Waals surface area (Å²) < 4.78 is 15.1. The predicted octanol–water partition coefficient (Wildman–Crippen LogP) is 4.50. The van der Waals surface area contributed by atoms with E-state index in [9.17, 15) is 9.59 Å². The number of benzene rings is 1. The van der Waals surface area contributed by atoms with Gasteiger partial charge in [-0.25, -0.2) is 9.59 Å². The molecule has 11 heteroatoms. The van der Waals surface area contributed by atoms with Crippen molar-refractivity contribution in [3.63, 3.8) is 0 Å². The quantitative estimate of drug-likeness (QED) is 0.288. The molecule has 0 atom stereocenters. The van der Waals surface area contributed by atoms with Crippen molar-refractivity contribution >= 4 is 58.1 Å². The maximum absolute atomic E-state index is 12.4. The number of nitrogens with zero attached hydrogens (tertiary/aromatic N) is 2. The minimum atomic E-state index is -0.840. The molecule has 0 spiro atoms. The fourth-order valence-electron chi connectivity index (χ4n) is 2.09. The smallest absolute Gasteiger partial charge is 0.362 e. The normalized spacial score (nSPS) is 11.3. The average Bonchev–Trinajstić information content (AvgIpc) is 3.01. The van der Waals surface area contributed by atoms with Gasteiger partial charge in [0.25, 0.3) is 0 Å². The van der Waals surface area contributed by atoms with Crippen molar-refractivity contribution < 1.29 is 23.6 Å². The lowest BCUT2D eigenvalue weighted by atomic mass is 10.1. The fourth-order valence-corrected chi connectivity index (χ4v) is 2.68. The minimum absolute atomic E-state index is 0.0318. The summed E-state index contributed by atoms with van der Waals surface area (Å²) in [6.07, 6.45) is 0. The Hall–Kier alpha value is -2.29. The molecule has 1 aromatic carbocycles. The van der Waals surface area contributed by atoms with Gasteiger partial charge in [-0.2, -0.15) is 5.10 Å². The average molecular weight is 449 g/mol. The zero-order chi connectivity index (χ0) is 20.8. The highest BCUT2D eigenvalue weighted by Gasteiger charge is 2.30. The van der Waals surface area contributed by atoms with Crippen molar-refractivity contribution in [2.45, 2.75) is 20.8 Å². The third kappa shape index (κ3) is 4.95. The van der Waals surface area contributed by atoms with E-state index in [2.05, 4.69) is 15.7 Å². The van der Waals surface area contributed by atoms with Crippen LogP contribution in [0.25, 0.3) is 0 Å². The molecule has 1 aromatic heterocycles. The third-order valence-corrected chi connectivity index (χ3v) is 4.36. The number of esters is 2. The molecule has 0 aliphatic rings. The molecule has 2 aromatic rings. The van der Waals surface area contributed by atoms with Gasteiger partial charge in [-0.1, -0.05) is 40.0 Å². The molecule has 0 amide bonds. The molecule has 0 aliphatic heterocycles. The third-order valence-electron chi connectivity index (χ3n) is 3.32. The van der Waals surface area contributed by atoms with Crippen molar-refractivity contribution in [2.75, 3.05) is 18.6 Å². The number of carbonyl (C=O) groups excluding carboxylic acids is 2. The van der Waals surface area contributed by atoms with Crippen LogP contribution in [0.3, 0.4) is 0 Å². The van der Waals surface area contributed by atoms with E-state index in [1.165, 1.54) is 19.1 Å². The Kier molecular flexibility index (Phi) is 7.68. The number of aromatic nitrogens is 1. The van der Waals surface area contributed by atoms with Gasteiger partial charge in [-0.3, -0.25) is 5.43 Å². The highest BCUT2D eigenvalue weighted by Crippen LogP contribution is 2.32. The summed E-state index contributed by atoms with van der Waals surface area (Å²) in [5.74, 6) is -1.74. The predicted molar refractivity (Wildman–Crippen MR) is 105 cm³/mol. The summed E-state index contributed by atoms with van der Waals surface area (Å²) in [7, 11) is 0. The largest absolute Gasteiger partial charge is 0.462 e. The van der Waals surface area contributed by atoms with Crippen LogP contribution in [-0.2, 0) is 14.3 Å². The standard InChI is InChI=1S/C17H16Cl3N3O5/c1-4-26-16(24)13-8(3)23-28-15(13)14(17(25)27-5-2)22-21-12-7-10(19)9(18)6-11(12)20/h6-7,21H,4-5H2,1-3H3/b22-14-. The Morgan fingerprint density at radius 2 is 1.75 bits per heavy atom. The molecule has 2 rings (SSSR count). The van der Waals surface area contributed by atoms with Crippen molar-refractivity contribution in [3.05, 3.63) is 44.2 Å². The van der Waals surface area contributed by atoms with E-state index in [4.69, 9.17) is 48.8 Å². The maximum Gasteiger partial charge on any atom is 0.362 e. The van der Waals surface area contributed by atoms with Gasteiger partial charge in [0.15, 0.2) is 0 Å². The van der Waals surface area contributed by atoms with Gasteiger partial charge in [-0.05, 0) is 32.9 Å². The lowest BCUT2D eigenvalue weighted by Crippen LogP contribution is -2.22. The summed E-state index contributed by atoms with van der Waals surface area (Å²) in [6, 6.07) is 2.84. The SMILES string of the molecule is CCOC(=O)/C(=N\Nc1cc(Cl)c(Cl)cc1Cl)c1onc(C)c1C(=O)OCC. The van der Waals surface area contributed by atoms with Crippen LogP contribution in [0.1, 0.15) is 35.7 Å². The van der Waals surface area contributed by atoms with Crippen LogP contribution in [0.2, 0.25) is 15.1 Å². The monoisotopic (exact) mass is 447 g/mol. The Morgan fingerprint density at radius 3 is 2.39 bits per heavy atom. The zero-order valence-electron chi connectivity index (χ0n) is 15.1. The van der Waals surface area contributed by atoms with E-state index in [0.29, 0.717) is 0 Å². The first-order valence-corrected chi connectivity index (χ1v) is 9.22. The first kappa shape index (κ1) is 22.0. The number of aryl methyl sites for hydroxylation is 1. The van der Waals surface area contributed by atoms with Crippen molar-refractivity contribution in [2.24, 2.45) is 5.10 Å². The Morgan fingerprint density at radius 1 is 1.11 bits per heavy atom. The van der Waals surface area contributed by atoms with Gasteiger partial charge in [0.2, 0.25) is 11.5 Å². The molecule has 0 unspecified atom stereocenters. The summed E-state index contributed by atoms with van der Waals surface area (Å²) in [4.78, 5) is 24.6. The van der Waals surface area contributed by atoms with Gasteiger partial charge >= 0.3 is 11.9 Å². The van der Waals surface area contributed by atoms with Crippen molar-refractivity contribution in [1.82, 2.24) is 5.16 Å². The van der Waals surface area contributed by atoms with Crippen LogP contribution in [0, 0.1) is 6.92 Å². The Labute approximate surface area is 175 Å². The van der Waals surface area contributed by atoms with E-state index in [1.54, 1.807) is 13.8 Å². The summed E-state index contributed by atoms with van der Waals surface area (Å²) in [6.45, 7) is 5.01. The molecule has 0 fully saturated rings. The molecule has 1 heterocycles. The number of ether oxygens (including phenoxy) is 2. The van der Waals surface area contributed by atoms with Crippen molar-refractivity contribution in [3.8, 4) is 0 Å². The Balaban J connectivity index is 2.50. The first-order chi connectivity index (χ1) is 13.3. The number of hydrazone groups is 1. The highest BCUT2D eigenvalue weighted by atomic mass is 35.5. The number of halogens is 3. The molecule has 150 valence electrons. The van der Waals surface area contributed by atoms with Crippen LogP contribution in [0.4, 0.5) is 5.69 Å². The molecular weight excluding hydrogens is 433 g/mol. The summed E-state index contributed by atoms with van der Waals surface area (Å²) >= 11 is 18.0. The molecule has 0 radical (unpaired) electrons. The number of hydrogen-bond donors (Lipinski definition) is 1. The minimum Gasteiger partial charge on any atom is -0.462 e. The number of nitrogens with one attached hydrogen (secondary N) is 1. The van der Waals surface area contributed by atoms with E-state index >= 15 is 0 Å². The van der Waals surface area contributed by atoms with E-state index in [0.717, 1.165) is 0 Å². The van der Waals surface area contributed by atoms with Gasteiger partial charge < -0.3 is 14.0 Å².